The van der Waals surface area contributed by atoms with E-state index in [2.05, 4.69) is 172 Å². The molecule has 0 unspecified atom stereocenters. The van der Waals surface area contributed by atoms with Crippen molar-refractivity contribution in [2.45, 2.75) is 52.4 Å². The lowest BCUT2D eigenvalue weighted by molar-refractivity contribution is 0.591. The molecule has 0 radical (unpaired) electrons. The van der Waals surface area contributed by atoms with Crippen LogP contribution in [0.3, 0.4) is 0 Å². The van der Waals surface area contributed by atoms with Gasteiger partial charge in [-0.15, -0.1) is 0 Å². The second-order valence-corrected chi connectivity index (χ2v) is 20.1. The third-order valence-corrected chi connectivity index (χ3v) is 13.4. The van der Waals surface area contributed by atoms with Crippen molar-refractivity contribution in [1.82, 2.24) is 39.0 Å². The maximum absolute atomic E-state index is 5.28. The highest BCUT2D eigenvalue weighted by Crippen LogP contribution is 2.45. The summed E-state index contributed by atoms with van der Waals surface area (Å²) in [4.78, 5) is 31.3. The van der Waals surface area contributed by atoms with Crippen LogP contribution < -0.4 is 0 Å². The van der Waals surface area contributed by atoms with Gasteiger partial charge in [-0.3, -0.25) is 9.13 Å². The van der Waals surface area contributed by atoms with Crippen molar-refractivity contribution in [3.05, 3.63) is 205 Å². The van der Waals surface area contributed by atoms with Gasteiger partial charge in [-0.05, 0) is 69.5 Å². The molecule has 12 aromatic rings. The average molecular weight is 907 g/mol. The molecule has 0 N–H and O–H groups in total. The molecule has 0 atom stereocenters. The Balaban J connectivity index is 1.17. The van der Waals surface area contributed by atoms with Gasteiger partial charge in [0.15, 0.2) is 23.3 Å². The minimum absolute atomic E-state index is 0.107. The molecule has 12 rings (SSSR count). The molecule has 0 aliphatic carbocycles. The first-order valence-electron chi connectivity index (χ1n) is 23.9. The van der Waals surface area contributed by atoms with Crippen LogP contribution in [-0.2, 0) is 10.8 Å². The fourth-order valence-electron chi connectivity index (χ4n) is 9.75. The van der Waals surface area contributed by atoms with E-state index in [-0.39, 0.29) is 10.8 Å². The monoisotopic (exact) mass is 906 g/mol. The lowest BCUT2D eigenvalue weighted by atomic mass is 9.85. The Labute approximate surface area is 407 Å². The van der Waals surface area contributed by atoms with E-state index in [4.69, 9.17) is 29.9 Å². The van der Waals surface area contributed by atoms with E-state index < -0.39 is 0 Å². The molecule has 338 valence electrons. The van der Waals surface area contributed by atoms with Gasteiger partial charge in [0, 0.05) is 43.8 Å². The van der Waals surface area contributed by atoms with E-state index in [1.807, 2.05) is 72.8 Å². The molecule has 8 heteroatoms. The van der Waals surface area contributed by atoms with Gasteiger partial charge in [0.1, 0.15) is 0 Å². The zero-order valence-electron chi connectivity index (χ0n) is 40.1. The van der Waals surface area contributed by atoms with Gasteiger partial charge < -0.3 is 0 Å². The second kappa shape index (κ2) is 16.6. The highest BCUT2D eigenvalue weighted by atomic mass is 15.2. The largest absolute Gasteiger partial charge is 0.278 e. The molecular formula is C62H50N8. The van der Waals surface area contributed by atoms with E-state index in [1.165, 1.54) is 11.1 Å². The summed E-state index contributed by atoms with van der Waals surface area (Å²) in [6.07, 6.45) is 0. The molecule has 4 heterocycles. The number of fused-ring (bicyclic) bond motifs is 6. The van der Waals surface area contributed by atoms with Gasteiger partial charge in [0.2, 0.25) is 11.9 Å². The molecule has 8 nitrogen and oxygen atoms in total. The molecule has 0 fully saturated rings. The molecule has 0 spiro atoms. The van der Waals surface area contributed by atoms with Crippen LogP contribution >= 0.6 is 0 Å². The average Bonchev–Trinajstić information content (AvgIpc) is 3.91. The molecule has 0 bridgehead atoms. The maximum Gasteiger partial charge on any atom is 0.238 e. The van der Waals surface area contributed by atoms with Crippen molar-refractivity contribution in [3.8, 4) is 68.6 Å². The molecule has 0 amide bonds. The summed E-state index contributed by atoms with van der Waals surface area (Å²) in [5, 5.41) is 4.47. The topological polar surface area (TPSA) is 87.2 Å². The van der Waals surface area contributed by atoms with Crippen molar-refractivity contribution in [2.24, 2.45) is 0 Å². The summed E-state index contributed by atoms with van der Waals surface area (Å²) in [6.45, 7) is 13.6. The third kappa shape index (κ3) is 7.40. The highest BCUT2D eigenvalue weighted by Gasteiger charge is 2.26. The molecular weight excluding hydrogens is 857 g/mol. The molecule has 8 aromatic carbocycles. The van der Waals surface area contributed by atoms with Gasteiger partial charge in [0.05, 0.1) is 22.1 Å². The minimum Gasteiger partial charge on any atom is -0.278 e. The Hall–Kier alpha value is -8.62. The first kappa shape index (κ1) is 42.7. The second-order valence-electron chi connectivity index (χ2n) is 20.1. The van der Waals surface area contributed by atoms with Gasteiger partial charge in [-0.1, -0.05) is 199 Å². The smallest absolute Gasteiger partial charge is 0.238 e. The predicted octanol–water partition coefficient (Wildman–Crippen LogP) is 15.2. The summed E-state index contributed by atoms with van der Waals surface area (Å²) in [5.41, 5.74) is 12.2. The summed E-state index contributed by atoms with van der Waals surface area (Å²) >= 11 is 0. The van der Waals surface area contributed by atoms with Gasteiger partial charge in [0.25, 0.3) is 0 Å². The van der Waals surface area contributed by atoms with Gasteiger partial charge in [-0.25, -0.2) is 9.97 Å². The van der Waals surface area contributed by atoms with Crippen LogP contribution in [0.15, 0.2) is 194 Å². The fourth-order valence-corrected chi connectivity index (χ4v) is 9.75. The molecule has 0 saturated heterocycles. The van der Waals surface area contributed by atoms with Crippen LogP contribution in [0.4, 0.5) is 0 Å². The number of hydrogen-bond acceptors (Lipinski definition) is 6. The standard InChI is InChI=1S/C62H50N8/c1-61(2,3)43-33-35-49-47(37-43)53-45(29-19-31-51(53)69(49)59-65-55(39-21-11-7-12-22-39)63-56(66-59)40-23-13-8-14-24-40)46-30-20-32-52-54(46)48-38-44(62(4,5)6)34-36-50(48)70(52)60-67-57(41-25-15-9-16-26-41)64-58(68-60)42-27-17-10-18-28-42/h7-38H,1-6H3. The van der Waals surface area contributed by atoms with Crippen LogP contribution in [0, 0.1) is 0 Å². The van der Waals surface area contributed by atoms with E-state index in [1.54, 1.807) is 0 Å². The number of rotatable bonds is 7. The van der Waals surface area contributed by atoms with Crippen LogP contribution in [0.25, 0.3) is 112 Å². The summed E-state index contributed by atoms with van der Waals surface area (Å²) < 4.78 is 4.45. The molecule has 0 aliphatic rings. The predicted molar refractivity (Wildman–Crippen MR) is 286 cm³/mol. The lowest BCUT2D eigenvalue weighted by Gasteiger charge is -2.19. The first-order valence-corrected chi connectivity index (χ1v) is 23.9. The van der Waals surface area contributed by atoms with Crippen molar-refractivity contribution >= 4 is 43.6 Å². The van der Waals surface area contributed by atoms with Crippen LogP contribution in [-0.4, -0.2) is 39.0 Å². The lowest BCUT2D eigenvalue weighted by Crippen LogP contribution is -2.10. The number of benzene rings is 8. The summed E-state index contributed by atoms with van der Waals surface area (Å²) in [5.74, 6) is 3.54. The van der Waals surface area contributed by atoms with Crippen molar-refractivity contribution in [3.63, 3.8) is 0 Å². The number of aromatic nitrogens is 8. The third-order valence-electron chi connectivity index (χ3n) is 13.4. The fraction of sp³-hybridized carbons (Fsp3) is 0.129. The van der Waals surface area contributed by atoms with Crippen molar-refractivity contribution < 1.29 is 0 Å². The quantitative estimate of drug-likeness (QED) is 0.158. The van der Waals surface area contributed by atoms with Gasteiger partial charge in [-0.2, -0.15) is 19.9 Å². The Kier molecular flexibility index (Phi) is 10.1. The zero-order valence-corrected chi connectivity index (χ0v) is 40.1. The molecule has 0 aliphatic heterocycles. The zero-order chi connectivity index (χ0) is 47.7. The first-order chi connectivity index (χ1) is 34.0. The van der Waals surface area contributed by atoms with Crippen LogP contribution in [0.1, 0.15) is 52.7 Å². The normalized spacial score (nSPS) is 12.1. The summed E-state index contributed by atoms with van der Waals surface area (Å²) in [7, 11) is 0. The Bertz CT molecular complexity index is 3560. The van der Waals surface area contributed by atoms with Crippen LogP contribution in [0.2, 0.25) is 0 Å². The van der Waals surface area contributed by atoms with E-state index >= 15 is 0 Å². The Morgan fingerprint density at radius 1 is 0.300 bits per heavy atom. The number of nitrogens with zero attached hydrogens (tertiary/aromatic N) is 8. The van der Waals surface area contributed by atoms with E-state index in [0.29, 0.717) is 35.2 Å². The Morgan fingerprint density at radius 3 is 0.914 bits per heavy atom. The molecule has 4 aromatic heterocycles. The molecule has 0 saturated carbocycles. The SMILES string of the molecule is CC(C)(C)c1ccc2c(c1)c1c(-c3cccc4c3c3cc(C(C)(C)C)ccc3n4-c3nc(-c4ccccc4)nc(-c4ccccc4)n3)cccc1n2-c1nc(-c2ccccc2)nc(-c2ccccc2)n1. The van der Waals surface area contributed by atoms with E-state index in [0.717, 1.165) is 77.0 Å². The number of hydrogen-bond donors (Lipinski definition) is 0. The van der Waals surface area contributed by atoms with Crippen molar-refractivity contribution in [1.29, 1.82) is 0 Å². The highest BCUT2D eigenvalue weighted by molar-refractivity contribution is 6.22. The summed E-state index contributed by atoms with van der Waals surface area (Å²) in [6, 6.07) is 67.7. The molecule has 70 heavy (non-hydrogen) atoms. The maximum atomic E-state index is 5.28. The van der Waals surface area contributed by atoms with Crippen LogP contribution in [0.5, 0.6) is 0 Å². The van der Waals surface area contributed by atoms with Gasteiger partial charge >= 0.3 is 0 Å². The minimum atomic E-state index is -0.107. The Morgan fingerprint density at radius 2 is 0.614 bits per heavy atom. The van der Waals surface area contributed by atoms with E-state index in [9.17, 15) is 0 Å². The van der Waals surface area contributed by atoms with Crippen molar-refractivity contribution in [2.75, 3.05) is 0 Å².